The van der Waals surface area contributed by atoms with Crippen molar-refractivity contribution in [2.24, 2.45) is 0 Å². The van der Waals surface area contributed by atoms with Crippen LogP contribution in [0.5, 0.6) is 0 Å². The summed E-state index contributed by atoms with van der Waals surface area (Å²) in [5.41, 5.74) is 0.179. The van der Waals surface area contributed by atoms with Crippen LogP contribution in [0.4, 0.5) is 4.79 Å². The molecule has 160 valence electrons. The zero-order valence-electron chi connectivity index (χ0n) is 18.9. The van der Waals surface area contributed by atoms with Gasteiger partial charge < -0.3 is 19.4 Å². The second-order valence-electron chi connectivity index (χ2n) is 9.61. The minimum Gasteiger partial charge on any atom is -0.444 e. The minimum absolute atomic E-state index is 0.231. The van der Waals surface area contributed by atoms with Gasteiger partial charge in [-0.15, -0.1) is 0 Å². The van der Waals surface area contributed by atoms with Crippen LogP contribution >= 0.6 is 0 Å². The van der Waals surface area contributed by atoms with Gasteiger partial charge in [0, 0.05) is 29.9 Å². The molecule has 0 unspecified atom stereocenters. The Balaban J connectivity index is 1.93. The van der Waals surface area contributed by atoms with E-state index in [4.69, 9.17) is 14.0 Å². The van der Waals surface area contributed by atoms with Crippen molar-refractivity contribution in [1.82, 2.24) is 10.3 Å². The Kier molecular flexibility index (Phi) is 5.98. The van der Waals surface area contributed by atoms with Gasteiger partial charge in [0.2, 0.25) is 0 Å². The third-order valence-corrected chi connectivity index (χ3v) is 5.43. The molecule has 2 heterocycles. The largest absolute Gasteiger partial charge is 0.492 e. The van der Waals surface area contributed by atoms with Crippen LogP contribution in [0.1, 0.15) is 54.0 Å². The minimum atomic E-state index is -0.594. The van der Waals surface area contributed by atoms with Crippen molar-refractivity contribution in [2.75, 3.05) is 6.54 Å². The third kappa shape index (κ3) is 5.02. The number of carbonyl (C=O) groups excluding carboxylic acids is 1. The topological polar surface area (TPSA) is 69.7 Å². The monoisotopic (exact) mass is 410 g/mol. The van der Waals surface area contributed by atoms with Crippen molar-refractivity contribution in [3.8, 4) is 0 Å². The highest BCUT2D eigenvalue weighted by Gasteiger charge is 2.52. The highest BCUT2D eigenvalue weighted by atomic mass is 16.7. The second kappa shape index (κ2) is 8.04. The van der Waals surface area contributed by atoms with Crippen molar-refractivity contribution in [3.63, 3.8) is 0 Å². The number of hydrogen-bond acceptors (Lipinski definition) is 5. The zero-order chi connectivity index (χ0) is 22.2. The van der Waals surface area contributed by atoms with Gasteiger partial charge in [-0.05, 0) is 59.3 Å². The molecule has 1 aliphatic heterocycles. The van der Waals surface area contributed by atoms with Crippen LogP contribution < -0.4 is 5.32 Å². The van der Waals surface area contributed by atoms with Crippen LogP contribution in [0.25, 0.3) is 16.8 Å². The highest BCUT2D eigenvalue weighted by molar-refractivity contribution is 6.56. The molecule has 1 aliphatic rings. The summed E-state index contributed by atoms with van der Waals surface area (Å²) < 4.78 is 17.9. The first-order chi connectivity index (χ1) is 13.9. The van der Waals surface area contributed by atoms with Crippen LogP contribution in [0.15, 0.2) is 42.1 Å². The molecule has 0 radical (unpaired) electrons. The molecule has 7 heteroatoms. The van der Waals surface area contributed by atoms with Crippen LogP contribution in [0.3, 0.4) is 0 Å². The second-order valence-corrected chi connectivity index (χ2v) is 9.61. The Morgan fingerprint density at radius 2 is 1.77 bits per heavy atom. The lowest BCUT2D eigenvalue weighted by molar-refractivity contribution is 0.00578. The number of rotatable bonds is 4. The first-order valence-electron chi connectivity index (χ1n) is 10.2. The molecule has 0 saturated carbocycles. The average molecular weight is 410 g/mol. The molecule has 30 heavy (non-hydrogen) atoms. The SMILES string of the molecule is CC(C)(C)OC(=O)NCC(=Cc1cncc2ccccc12)B1OC(C)(C)C(C)(C)O1. The Morgan fingerprint density at radius 3 is 2.40 bits per heavy atom. The molecule has 0 aliphatic carbocycles. The molecule has 2 aromatic rings. The summed E-state index contributed by atoms with van der Waals surface area (Å²) in [4.78, 5) is 16.6. The number of ether oxygens (including phenoxy) is 1. The van der Waals surface area contributed by atoms with E-state index in [0.717, 1.165) is 21.8 Å². The predicted octanol–water partition coefficient (Wildman–Crippen LogP) is 4.77. The summed E-state index contributed by atoms with van der Waals surface area (Å²) in [6, 6.07) is 8.04. The summed E-state index contributed by atoms with van der Waals surface area (Å²) in [5, 5.41) is 4.94. The molecule has 1 amide bonds. The molecule has 1 aromatic heterocycles. The fraction of sp³-hybridized carbons (Fsp3) is 0.478. The Bertz CT molecular complexity index is 942. The summed E-state index contributed by atoms with van der Waals surface area (Å²) >= 11 is 0. The molecule has 1 fully saturated rings. The quantitative estimate of drug-likeness (QED) is 0.735. The van der Waals surface area contributed by atoms with E-state index in [2.05, 4.69) is 10.3 Å². The smallest absolute Gasteiger partial charge is 0.444 e. The third-order valence-electron chi connectivity index (χ3n) is 5.43. The van der Waals surface area contributed by atoms with Gasteiger partial charge in [0.05, 0.1) is 11.2 Å². The van der Waals surface area contributed by atoms with Gasteiger partial charge in [0.15, 0.2) is 0 Å². The van der Waals surface area contributed by atoms with E-state index in [0.29, 0.717) is 0 Å². The lowest BCUT2D eigenvalue weighted by Crippen LogP contribution is -2.41. The number of hydrogen-bond donors (Lipinski definition) is 1. The summed E-state index contributed by atoms with van der Waals surface area (Å²) in [6.07, 6.45) is 5.14. The number of pyridine rings is 1. The van der Waals surface area contributed by atoms with Gasteiger partial charge in [-0.25, -0.2) is 4.79 Å². The van der Waals surface area contributed by atoms with Gasteiger partial charge in [-0.3, -0.25) is 4.98 Å². The molecule has 0 bridgehead atoms. The lowest BCUT2D eigenvalue weighted by atomic mass is 9.76. The van der Waals surface area contributed by atoms with E-state index in [1.54, 1.807) is 6.20 Å². The normalized spacial score (nSPS) is 18.5. The molecule has 0 atom stereocenters. The van der Waals surface area contributed by atoms with Gasteiger partial charge in [-0.2, -0.15) is 0 Å². The van der Waals surface area contributed by atoms with E-state index in [9.17, 15) is 4.79 Å². The van der Waals surface area contributed by atoms with Crippen LogP contribution in [0.2, 0.25) is 0 Å². The number of fused-ring (bicyclic) bond motifs is 1. The standard InChI is InChI=1S/C23H31BN2O4/c1-21(2,3)28-20(27)26-15-18(24-29-22(4,5)23(6,7)30-24)12-17-14-25-13-16-10-8-9-11-19(16)17/h8-14H,15H2,1-7H3,(H,26,27). The van der Waals surface area contributed by atoms with Gasteiger partial charge in [-0.1, -0.05) is 30.3 Å². The van der Waals surface area contributed by atoms with Gasteiger partial charge in [0.1, 0.15) is 5.60 Å². The van der Waals surface area contributed by atoms with E-state index < -0.39 is 30.0 Å². The maximum atomic E-state index is 12.2. The van der Waals surface area contributed by atoms with E-state index in [1.165, 1.54) is 0 Å². The van der Waals surface area contributed by atoms with E-state index in [-0.39, 0.29) is 6.54 Å². The van der Waals surface area contributed by atoms with Crippen LogP contribution in [0, 0.1) is 0 Å². The maximum Gasteiger partial charge on any atom is 0.492 e. The van der Waals surface area contributed by atoms with Crippen molar-refractivity contribution in [2.45, 2.75) is 65.3 Å². The number of amides is 1. The van der Waals surface area contributed by atoms with Gasteiger partial charge >= 0.3 is 13.2 Å². The van der Waals surface area contributed by atoms with Crippen LogP contribution in [-0.2, 0) is 14.0 Å². The first kappa shape index (κ1) is 22.3. The number of benzene rings is 1. The molecule has 1 saturated heterocycles. The molecule has 1 N–H and O–H groups in total. The van der Waals surface area contributed by atoms with Crippen molar-refractivity contribution < 1.29 is 18.8 Å². The summed E-state index contributed by atoms with van der Waals surface area (Å²) in [5.74, 6) is 0. The number of carbonyl (C=O) groups is 1. The van der Waals surface area contributed by atoms with E-state index in [1.807, 2.05) is 85.0 Å². The van der Waals surface area contributed by atoms with Gasteiger partial charge in [0.25, 0.3) is 0 Å². The molecule has 6 nitrogen and oxygen atoms in total. The average Bonchev–Trinajstić information content (AvgIpc) is 2.84. The molecule has 1 aromatic carbocycles. The molecule has 3 rings (SSSR count). The first-order valence-corrected chi connectivity index (χ1v) is 10.2. The lowest BCUT2D eigenvalue weighted by Gasteiger charge is -2.32. The molecular weight excluding hydrogens is 379 g/mol. The van der Waals surface area contributed by atoms with Crippen molar-refractivity contribution in [1.29, 1.82) is 0 Å². The highest BCUT2D eigenvalue weighted by Crippen LogP contribution is 2.39. The summed E-state index contributed by atoms with van der Waals surface area (Å²) in [7, 11) is -0.594. The van der Waals surface area contributed by atoms with E-state index >= 15 is 0 Å². The zero-order valence-corrected chi connectivity index (χ0v) is 18.9. The fourth-order valence-corrected chi connectivity index (χ4v) is 3.14. The van der Waals surface area contributed by atoms with Crippen molar-refractivity contribution >= 4 is 30.1 Å². The number of aromatic nitrogens is 1. The Hall–Kier alpha value is -2.38. The maximum absolute atomic E-state index is 12.2. The summed E-state index contributed by atoms with van der Waals surface area (Å²) in [6.45, 7) is 13.8. The van der Waals surface area contributed by atoms with Crippen LogP contribution in [-0.4, -0.2) is 41.5 Å². The molecule has 0 spiro atoms. The number of alkyl carbamates (subject to hydrolysis) is 1. The predicted molar refractivity (Wildman–Crippen MR) is 120 cm³/mol. The van der Waals surface area contributed by atoms with Crippen molar-refractivity contribution in [3.05, 3.63) is 47.7 Å². The Morgan fingerprint density at radius 1 is 1.13 bits per heavy atom. The fourth-order valence-electron chi connectivity index (χ4n) is 3.14. The number of nitrogens with zero attached hydrogens (tertiary/aromatic N) is 1. The molecular formula is C23H31BN2O4. The Labute approximate surface area is 179 Å². The number of nitrogens with one attached hydrogen (secondary N) is 1.